The maximum atomic E-state index is 14.1. The smallest absolute Gasteiger partial charge is 0.291 e. The summed E-state index contributed by atoms with van der Waals surface area (Å²) in [7, 11) is 0. The number of halogens is 2. The lowest BCUT2D eigenvalue weighted by molar-refractivity contribution is 0.0995. The van der Waals surface area contributed by atoms with Gasteiger partial charge < -0.3 is 14.6 Å². The molecule has 4 nitrogen and oxygen atoms in total. The number of carbonyl (C=O) groups excluding carboxylic acids is 1. The lowest BCUT2D eigenvalue weighted by Gasteiger charge is -2.18. The molecule has 0 aliphatic carbocycles. The lowest BCUT2D eigenvalue weighted by Crippen LogP contribution is -2.19. The van der Waals surface area contributed by atoms with Gasteiger partial charge >= 0.3 is 0 Å². The van der Waals surface area contributed by atoms with Gasteiger partial charge in [0.25, 0.3) is 5.91 Å². The first-order valence-electron chi connectivity index (χ1n) is 6.75. The summed E-state index contributed by atoms with van der Waals surface area (Å²) in [6.07, 6.45) is 2.18. The molecule has 0 bridgehead atoms. The molecule has 1 amide bonds. The van der Waals surface area contributed by atoms with Gasteiger partial charge in [-0.15, -0.1) is 0 Å². The van der Waals surface area contributed by atoms with Gasteiger partial charge in [0.1, 0.15) is 5.82 Å². The van der Waals surface area contributed by atoms with Crippen LogP contribution in [0.4, 0.5) is 15.8 Å². The van der Waals surface area contributed by atoms with E-state index < -0.39 is 5.91 Å². The maximum Gasteiger partial charge on any atom is 0.291 e. The Morgan fingerprint density at radius 3 is 2.62 bits per heavy atom. The van der Waals surface area contributed by atoms with Crippen molar-refractivity contribution >= 4 is 33.2 Å². The number of carbonyl (C=O) groups is 1. The Hall–Kier alpha value is -1.82. The Morgan fingerprint density at radius 2 is 2.00 bits per heavy atom. The first-order valence-corrected chi connectivity index (χ1v) is 7.54. The van der Waals surface area contributed by atoms with Crippen molar-refractivity contribution in [2.45, 2.75) is 12.8 Å². The van der Waals surface area contributed by atoms with Crippen LogP contribution in [0.15, 0.2) is 39.4 Å². The second-order valence-electron chi connectivity index (χ2n) is 4.92. The summed E-state index contributed by atoms with van der Waals surface area (Å²) < 4.78 is 19.8. The molecule has 0 atom stereocenters. The number of nitrogens with one attached hydrogen (secondary N) is 1. The van der Waals surface area contributed by atoms with Gasteiger partial charge in [-0.3, -0.25) is 4.79 Å². The monoisotopic (exact) mass is 352 g/mol. The second-order valence-corrected chi connectivity index (χ2v) is 5.70. The van der Waals surface area contributed by atoms with Crippen LogP contribution in [0.1, 0.15) is 23.4 Å². The number of anilines is 2. The van der Waals surface area contributed by atoms with Crippen molar-refractivity contribution in [3.8, 4) is 0 Å². The fourth-order valence-electron chi connectivity index (χ4n) is 2.43. The lowest BCUT2D eigenvalue weighted by atomic mass is 10.2. The van der Waals surface area contributed by atoms with Gasteiger partial charge in [-0.2, -0.15) is 0 Å². The van der Waals surface area contributed by atoms with E-state index in [0.29, 0.717) is 16.0 Å². The van der Waals surface area contributed by atoms with Gasteiger partial charge in [0, 0.05) is 18.8 Å². The molecule has 0 saturated carbocycles. The predicted molar refractivity (Wildman–Crippen MR) is 82.2 cm³/mol. The Bertz CT molecular complexity index is 665. The van der Waals surface area contributed by atoms with Crippen LogP contribution in [0.5, 0.6) is 0 Å². The molecule has 1 fully saturated rings. The summed E-state index contributed by atoms with van der Waals surface area (Å²) in [5.74, 6) is -0.560. The van der Waals surface area contributed by atoms with E-state index in [0.717, 1.165) is 25.9 Å². The average Bonchev–Trinajstić information content (AvgIpc) is 3.10. The van der Waals surface area contributed by atoms with Crippen molar-refractivity contribution in [3.05, 3.63) is 46.6 Å². The van der Waals surface area contributed by atoms with Crippen LogP contribution in [0.25, 0.3) is 0 Å². The zero-order valence-electron chi connectivity index (χ0n) is 11.2. The van der Waals surface area contributed by atoms with Crippen molar-refractivity contribution in [2.75, 3.05) is 23.3 Å². The maximum absolute atomic E-state index is 14.1. The zero-order chi connectivity index (χ0) is 14.8. The van der Waals surface area contributed by atoms with Crippen molar-refractivity contribution < 1.29 is 13.6 Å². The summed E-state index contributed by atoms with van der Waals surface area (Å²) in [6.45, 7) is 1.76. The summed E-state index contributed by atoms with van der Waals surface area (Å²) in [4.78, 5) is 13.9. The van der Waals surface area contributed by atoms with Gasteiger partial charge in [0.05, 0.1) is 5.69 Å². The molecule has 2 aromatic rings. The van der Waals surface area contributed by atoms with Crippen LogP contribution in [-0.2, 0) is 0 Å². The van der Waals surface area contributed by atoms with Crippen LogP contribution >= 0.6 is 15.9 Å². The molecule has 1 aliphatic rings. The SMILES string of the molecule is O=C(Nc1ccc(N2CCCC2)c(F)c1)c1ccc(Br)o1. The summed E-state index contributed by atoms with van der Waals surface area (Å²) in [6, 6.07) is 7.92. The van der Waals surface area contributed by atoms with Gasteiger partial charge in [-0.1, -0.05) is 0 Å². The topological polar surface area (TPSA) is 45.5 Å². The first-order chi connectivity index (χ1) is 10.1. The van der Waals surface area contributed by atoms with Crippen LogP contribution in [0.2, 0.25) is 0 Å². The molecular formula is C15H14BrFN2O2. The van der Waals surface area contributed by atoms with Crippen molar-refractivity contribution in [2.24, 2.45) is 0 Å². The number of benzene rings is 1. The molecule has 1 aromatic heterocycles. The van der Waals surface area contributed by atoms with Gasteiger partial charge in [0.2, 0.25) is 0 Å². The summed E-state index contributed by atoms with van der Waals surface area (Å²) >= 11 is 3.13. The van der Waals surface area contributed by atoms with E-state index in [4.69, 9.17) is 4.42 Å². The van der Waals surface area contributed by atoms with E-state index in [1.807, 2.05) is 4.90 Å². The molecule has 1 N–H and O–H groups in total. The number of furan rings is 1. The molecular weight excluding hydrogens is 339 g/mol. The molecule has 21 heavy (non-hydrogen) atoms. The first kappa shape index (κ1) is 14.1. The standard InChI is InChI=1S/C15H14BrFN2O2/c16-14-6-5-13(21-14)15(20)18-10-3-4-12(11(17)9-10)19-7-1-2-8-19/h3-6,9H,1-2,7-8H2,(H,18,20). The molecule has 1 aliphatic heterocycles. The highest BCUT2D eigenvalue weighted by Gasteiger charge is 2.17. The van der Waals surface area contributed by atoms with Crippen LogP contribution in [0, 0.1) is 5.82 Å². The third-order valence-electron chi connectivity index (χ3n) is 3.45. The highest BCUT2D eigenvalue weighted by atomic mass is 79.9. The van der Waals surface area contributed by atoms with Gasteiger partial charge in [-0.25, -0.2) is 4.39 Å². The third kappa shape index (κ3) is 3.10. The van der Waals surface area contributed by atoms with E-state index in [1.54, 1.807) is 24.3 Å². The van der Waals surface area contributed by atoms with Crippen molar-refractivity contribution in [3.63, 3.8) is 0 Å². The average molecular weight is 353 g/mol. The molecule has 2 heterocycles. The Morgan fingerprint density at radius 1 is 1.24 bits per heavy atom. The van der Waals surface area contributed by atoms with Crippen LogP contribution in [-0.4, -0.2) is 19.0 Å². The quantitative estimate of drug-likeness (QED) is 0.906. The minimum absolute atomic E-state index is 0.172. The number of rotatable bonds is 3. The van der Waals surface area contributed by atoms with E-state index in [-0.39, 0.29) is 11.6 Å². The minimum Gasteiger partial charge on any atom is -0.444 e. The molecule has 1 aromatic carbocycles. The Labute approximate surface area is 130 Å². The largest absolute Gasteiger partial charge is 0.444 e. The number of nitrogens with zero attached hydrogens (tertiary/aromatic N) is 1. The highest BCUT2D eigenvalue weighted by Crippen LogP contribution is 2.26. The summed E-state index contributed by atoms with van der Waals surface area (Å²) in [5, 5.41) is 2.62. The number of hydrogen-bond acceptors (Lipinski definition) is 3. The van der Waals surface area contributed by atoms with E-state index in [2.05, 4.69) is 21.2 Å². The molecule has 0 radical (unpaired) electrons. The Kier molecular flexibility index (Phi) is 3.96. The molecule has 110 valence electrons. The third-order valence-corrected chi connectivity index (χ3v) is 3.88. The fourth-order valence-corrected chi connectivity index (χ4v) is 2.73. The zero-order valence-corrected chi connectivity index (χ0v) is 12.8. The van der Waals surface area contributed by atoms with Crippen LogP contribution in [0.3, 0.4) is 0 Å². The predicted octanol–water partition coefficient (Wildman–Crippen LogP) is 4.03. The fraction of sp³-hybridized carbons (Fsp3) is 0.267. The molecule has 6 heteroatoms. The van der Waals surface area contributed by atoms with Crippen molar-refractivity contribution in [1.29, 1.82) is 0 Å². The highest BCUT2D eigenvalue weighted by molar-refractivity contribution is 9.10. The van der Waals surface area contributed by atoms with Gasteiger partial charge in [-0.05, 0) is 59.1 Å². The van der Waals surface area contributed by atoms with E-state index in [9.17, 15) is 9.18 Å². The molecule has 3 rings (SSSR count). The normalized spacial score (nSPS) is 14.5. The van der Waals surface area contributed by atoms with Crippen molar-refractivity contribution in [1.82, 2.24) is 0 Å². The van der Waals surface area contributed by atoms with Crippen LogP contribution < -0.4 is 10.2 Å². The van der Waals surface area contributed by atoms with Gasteiger partial charge in [0.15, 0.2) is 10.4 Å². The molecule has 0 unspecified atom stereocenters. The van der Waals surface area contributed by atoms with E-state index in [1.165, 1.54) is 6.07 Å². The molecule has 1 saturated heterocycles. The number of amides is 1. The number of hydrogen-bond donors (Lipinski definition) is 1. The second kappa shape index (κ2) is 5.89. The molecule has 0 spiro atoms. The minimum atomic E-state index is -0.408. The Balaban J connectivity index is 1.74. The summed E-state index contributed by atoms with van der Waals surface area (Å²) in [5.41, 5.74) is 0.999. The van der Waals surface area contributed by atoms with E-state index >= 15 is 0 Å².